The molecule has 0 saturated heterocycles. The minimum atomic E-state index is 0.00895. The zero-order valence-electron chi connectivity index (χ0n) is 13.2. The maximum Gasteiger partial charge on any atom is 0.224 e. The predicted molar refractivity (Wildman–Crippen MR) is 90.7 cm³/mol. The van der Waals surface area contributed by atoms with E-state index in [4.69, 9.17) is 17.3 Å². The van der Waals surface area contributed by atoms with Gasteiger partial charge in [0.1, 0.15) is 0 Å². The number of nitrogens with one attached hydrogen (secondary N) is 1. The van der Waals surface area contributed by atoms with Crippen molar-refractivity contribution < 1.29 is 4.79 Å². The van der Waals surface area contributed by atoms with E-state index < -0.39 is 0 Å². The topological polar surface area (TPSA) is 58.4 Å². The normalized spacial score (nSPS) is 11.1. The Morgan fingerprint density at radius 1 is 1.38 bits per heavy atom. The molecule has 0 bridgehead atoms. The Hall–Kier alpha value is -1.26. The van der Waals surface area contributed by atoms with Crippen molar-refractivity contribution >= 4 is 28.9 Å². The molecule has 0 unspecified atom stereocenters. The summed E-state index contributed by atoms with van der Waals surface area (Å²) in [4.78, 5) is 14.2. The standard InChI is InChI=1S/C16H26ClN3O/c1-4-13(5-2)20(3)10-6-7-16(21)19-12-8-9-14(17)15(18)11-12/h8-9,11,13H,4-7,10,18H2,1-3H3,(H,19,21). The van der Waals surface area contributed by atoms with E-state index in [2.05, 4.69) is 31.1 Å². The number of benzene rings is 1. The molecule has 118 valence electrons. The number of anilines is 2. The minimum absolute atomic E-state index is 0.00895. The second-order valence-electron chi connectivity index (χ2n) is 5.34. The molecule has 5 heteroatoms. The first-order valence-electron chi connectivity index (χ1n) is 7.53. The molecule has 1 rings (SSSR count). The number of hydrogen-bond acceptors (Lipinski definition) is 3. The number of carbonyl (C=O) groups is 1. The second kappa shape index (κ2) is 8.90. The number of nitrogens with two attached hydrogens (primary N) is 1. The fraction of sp³-hybridized carbons (Fsp3) is 0.562. The lowest BCUT2D eigenvalue weighted by atomic mass is 10.1. The Bertz CT molecular complexity index is 461. The van der Waals surface area contributed by atoms with Crippen LogP contribution in [0.1, 0.15) is 39.5 Å². The van der Waals surface area contributed by atoms with Gasteiger partial charge in [-0.05, 0) is 51.1 Å². The Kier molecular flexibility index (Phi) is 7.54. The van der Waals surface area contributed by atoms with Gasteiger partial charge in [-0.3, -0.25) is 4.79 Å². The summed E-state index contributed by atoms with van der Waals surface area (Å²) in [6, 6.07) is 5.72. The van der Waals surface area contributed by atoms with Crippen LogP contribution < -0.4 is 11.1 Å². The zero-order valence-corrected chi connectivity index (χ0v) is 13.9. The number of hydrogen-bond donors (Lipinski definition) is 2. The van der Waals surface area contributed by atoms with Crippen LogP contribution in [0.3, 0.4) is 0 Å². The molecule has 1 amide bonds. The predicted octanol–water partition coefficient (Wildman–Crippen LogP) is 3.76. The fourth-order valence-corrected chi connectivity index (χ4v) is 2.55. The van der Waals surface area contributed by atoms with Gasteiger partial charge in [0.2, 0.25) is 5.91 Å². The quantitative estimate of drug-likeness (QED) is 0.719. The van der Waals surface area contributed by atoms with Gasteiger partial charge >= 0.3 is 0 Å². The van der Waals surface area contributed by atoms with Crippen molar-refractivity contribution in [2.24, 2.45) is 0 Å². The lowest BCUT2D eigenvalue weighted by molar-refractivity contribution is -0.116. The maximum absolute atomic E-state index is 11.9. The highest BCUT2D eigenvalue weighted by atomic mass is 35.5. The summed E-state index contributed by atoms with van der Waals surface area (Å²) >= 11 is 5.85. The Labute approximate surface area is 132 Å². The summed E-state index contributed by atoms with van der Waals surface area (Å²) < 4.78 is 0. The molecule has 0 aliphatic rings. The maximum atomic E-state index is 11.9. The largest absolute Gasteiger partial charge is 0.397 e. The van der Waals surface area contributed by atoms with Gasteiger partial charge in [-0.15, -0.1) is 0 Å². The summed E-state index contributed by atoms with van der Waals surface area (Å²) in [6.45, 7) is 5.33. The molecule has 0 fully saturated rings. The van der Waals surface area contributed by atoms with Crippen molar-refractivity contribution in [2.45, 2.75) is 45.6 Å². The number of halogens is 1. The van der Waals surface area contributed by atoms with Crippen LogP contribution in [-0.4, -0.2) is 30.4 Å². The summed E-state index contributed by atoms with van der Waals surface area (Å²) in [7, 11) is 2.12. The van der Waals surface area contributed by atoms with E-state index in [1.54, 1.807) is 18.2 Å². The van der Waals surface area contributed by atoms with E-state index in [-0.39, 0.29) is 5.91 Å². The Morgan fingerprint density at radius 2 is 2.05 bits per heavy atom. The number of nitrogens with zero attached hydrogens (tertiary/aromatic N) is 1. The fourth-order valence-electron chi connectivity index (χ4n) is 2.43. The zero-order chi connectivity index (χ0) is 15.8. The average molecular weight is 312 g/mol. The first-order valence-corrected chi connectivity index (χ1v) is 7.90. The molecule has 0 aromatic heterocycles. The third kappa shape index (κ3) is 5.94. The number of rotatable bonds is 8. The van der Waals surface area contributed by atoms with Crippen molar-refractivity contribution in [3.05, 3.63) is 23.2 Å². The van der Waals surface area contributed by atoms with E-state index in [1.807, 2.05) is 0 Å². The molecule has 21 heavy (non-hydrogen) atoms. The van der Waals surface area contributed by atoms with Crippen LogP contribution in [0.25, 0.3) is 0 Å². The van der Waals surface area contributed by atoms with Crippen LogP contribution in [0.15, 0.2) is 18.2 Å². The molecule has 0 aliphatic carbocycles. The van der Waals surface area contributed by atoms with Gasteiger partial charge in [0.05, 0.1) is 10.7 Å². The van der Waals surface area contributed by atoms with E-state index in [1.165, 1.54) is 0 Å². The van der Waals surface area contributed by atoms with E-state index in [0.717, 1.165) is 25.8 Å². The highest BCUT2D eigenvalue weighted by Crippen LogP contribution is 2.22. The van der Waals surface area contributed by atoms with Crippen molar-refractivity contribution in [3.8, 4) is 0 Å². The van der Waals surface area contributed by atoms with E-state index in [0.29, 0.717) is 28.9 Å². The van der Waals surface area contributed by atoms with Gasteiger partial charge < -0.3 is 16.0 Å². The molecule has 0 atom stereocenters. The molecular formula is C16H26ClN3O. The van der Waals surface area contributed by atoms with Crippen LogP contribution in [0.2, 0.25) is 5.02 Å². The molecule has 0 saturated carbocycles. The molecular weight excluding hydrogens is 286 g/mol. The molecule has 0 radical (unpaired) electrons. The Morgan fingerprint density at radius 3 is 2.62 bits per heavy atom. The molecule has 0 heterocycles. The second-order valence-corrected chi connectivity index (χ2v) is 5.75. The third-order valence-electron chi connectivity index (χ3n) is 3.76. The van der Waals surface area contributed by atoms with Crippen molar-refractivity contribution in [3.63, 3.8) is 0 Å². The molecule has 1 aromatic carbocycles. The van der Waals surface area contributed by atoms with Crippen LogP contribution in [-0.2, 0) is 4.79 Å². The van der Waals surface area contributed by atoms with Gasteiger partial charge in [-0.1, -0.05) is 25.4 Å². The van der Waals surface area contributed by atoms with Crippen molar-refractivity contribution in [2.75, 3.05) is 24.6 Å². The SMILES string of the molecule is CCC(CC)N(C)CCCC(=O)Nc1ccc(Cl)c(N)c1. The number of nitrogen functional groups attached to an aromatic ring is 1. The summed E-state index contributed by atoms with van der Waals surface area (Å²) in [5, 5.41) is 3.34. The van der Waals surface area contributed by atoms with Gasteiger partial charge in [-0.25, -0.2) is 0 Å². The lowest BCUT2D eigenvalue weighted by Gasteiger charge is -2.25. The average Bonchev–Trinajstić information content (AvgIpc) is 2.44. The summed E-state index contributed by atoms with van der Waals surface area (Å²) in [5.74, 6) is 0.00895. The van der Waals surface area contributed by atoms with Gasteiger partial charge in [0.15, 0.2) is 0 Å². The number of carbonyl (C=O) groups excluding carboxylic acids is 1. The first-order chi connectivity index (χ1) is 9.97. The lowest BCUT2D eigenvalue weighted by Crippen LogP contribution is -2.31. The minimum Gasteiger partial charge on any atom is -0.397 e. The first kappa shape index (κ1) is 17.8. The van der Waals surface area contributed by atoms with Crippen LogP contribution >= 0.6 is 11.6 Å². The van der Waals surface area contributed by atoms with Crippen LogP contribution in [0.5, 0.6) is 0 Å². The molecule has 1 aromatic rings. The van der Waals surface area contributed by atoms with E-state index in [9.17, 15) is 4.79 Å². The Balaban J connectivity index is 2.35. The van der Waals surface area contributed by atoms with Crippen LogP contribution in [0.4, 0.5) is 11.4 Å². The highest BCUT2D eigenvalue weighted by Gasteiger charge is 2.11. The highest BCUT2D eigenvalue weighted by molar-refractivity contribution is 6.33. The van der Waals surface area contributed by atoms with Gasteiger partial charge in [0, 0.05) is 18.2 Å². The van der Waals surface area contributed by atoms with Gasteiger partial charge in [-0.2, -0.15) is 0 Å². The third-order valence-corrected chi connectivity index (χ3v) is 4.10. The monoisotopic (exact) mass is 311 g/mol. The van der Waals surface area contributed by atoms with Gasteiger partial charge in [0.25, 0.3) is 0 Å². The molecule has 0 spiro atoms. The molecule has 0 aliphatic heterocycles. The van der Waals surface area contributed by atoms with Crippen molar-refractivity contribution in [1.29, 1.82) is 0 Å². The summed E-state index contributed by atoms with van der Waals surface area (Å²) in [6.07, 6.45) is 3.64. The van der Waals surface area contributed by atoms with Crippen LogP contribution in [0, 0.1) is 0 Å². The number of amides is 1. The summed E-state index contributed by atoms with van der Waals surface area (Å²) in [5.41, 5.74) is 6.88. The van der Waals surface area contributed by atoms with E-state index >= 15 is 0 Å². The smallest absolute Gasteiger partial charge is 0.224 e. The van der Waals surface area contributed by atoms with Crippen molar-refractivity contribution in [1.82, 2.24) is 4.90 Å². The molecule has 4 nitrogen and oxygen atoms in total. The molecule has 3 N–H and O–H groups in total.